The fraction of sp³-hybridized carbons (Fsp3) is 0.567. The zero-order valence-corrected chi connectivity index (χ0v) is 41.7. The number of carbonyl (C=O) groups excluding carboxylic acids is 4. The molecular weight excluding hydrogens is 893 g/mol. The molecule has 14 rings (SSSR count). The maximum atomic E-state index is 14.6. The number of piperidine rings is 2. The lowest BCUT2D eigenvalue weighted by atomic mass is 9.48. The minimum atomic E-state index is -1.11. The average molecular weight is 959 g/mol. The van der Waals surface area contributed by atoms with Crippen LogP contribution >= 0.6 is 0 Å². The van der Waals surface area contributed by atoms with Crippen molar-refractivity contribution in [2.45, 2.75) is 164 Å². The van der Waals surface area contributed by atoms with E-state index in [-0.39, 0.29) is 54.1 Å². The molecule has 10 aliphatic rings. The Balaban J connectivity index is 0.731. The molecule has 7 aliphatic carbocycles. The molecule has 370 valence electrons. The topological polar surface area (TPSA) is 143 Å². The van der Waals surface area contributed by atoms with E-state index in [1.54, 1.807) is 0 Å². The number of ether oxygens (including phenoxy) is 3. The quantitative estimate of drug-likeness (QED) is 0.114. The van der Waals surface area contributed by atoms with E-state index in [1.807, 2.05) is 52.0 Å². The number of rotatable bonds is 11. The fourth-order valence-corrected chi connectivity index (χ4v) is 16.6. The molecule has 0 unspecified atom stereocenters. The van der Waals surface area contributed by atoms with Crippen LogP contribution in [0.1, 0.15) is 128 Å². The van der Waals surface area contributed by atoms with Crippen molar-refractivity contribution in [2.75, 3.05) is 26.2 Å². The molecule has 6 fully saturated rings. The van der Waals surface area contributed by atoms with Crippen LogP contribution < -0.4 is 14.2 Å². The molecule has 8 atom stereocenters. The summed E-state index contributed by atoms with van der Waals surface area (Å²) >= 11 is 0. The predicted octanol–water partition coefficient (Wildman–Crippen LogP) is 7.46. The fourth-order valence-electron chi connectivity index (χ4n) is 16.6. The monoisotopic (exact) mass is 958 g/mol. The molecule has 0 amide bonds. The van der Waals surface area contributed by atoms with Crippen LogP contribution in [0.3, 0.4) is 0 Å². The van der Waals surface area contributed by atoms with E-state index >= 15 is 0 Å². The summed E-state index contributed by atoms with van der Waals surface area (Å²) in [6.45, 7) is 11.5. The zero-order valence-electron chi connectivity index (χ0n) is 41.7. The van der Waals surface area contributed by atoms with Crippen LogP contribution in [0, 0.1) is 37.0 Å². The van der Waals surface area contributed by atoms with Crippen molar-refractivity contribution < 1.29 is 43.6 Å². The summed E-state index contributed by atoms with van der Waals surface area (Å²) in [5.74, 6) is 1.71. The highest BCUT2D eigenvalue weighted by Gasteiger charge is 2.74. The first-order chi connectivity index (χ1) is 34.0. The number of likely N-dealkylation sites (tertiary alicyclic amines) is 2. The number of aryl methyl sites for hydroxylation is 2. The molecule has 0 aromatic heterocycles. The summed E-state index contributed by atoms with van der Waals surface area (Å²) in [5.41, 5.74) is 4.30. The molecule has 0 radical (unpaired) electrons. The Kier molecular flexibility index (Phi) is 9.50. The van der Waals surface area contributed by atoms with Gasteiger partial charge in [-0.3, -0.25) is 29.0 Å². The highest BCUT2D eigenvalue weighted by Crippen LogP contribution is 2.67. The number of Topliss-reactive ketones (excluding diaryl/α,β-unsaturated/α-hetero) is 2. The molecule has 2 saturated heterocycles. The zero-order chi connectivity index (χ0) is 48.7. The lowest BCUT2D eigenvalue weighted by Crippen LogP contribution is -2.76. The third-order valence-electron chi connectivity index (χ3n) is 20.1. The lowest BCUT2D eigenvalue weighted by Gasteiger charge is -2.64. The van der Waals surface area contributed by atoms with Crippen molar-refractivity contribution in [1.29, 1.82) is 0 Å². The Hall–Kier alpha value is -4.94. The Morgan fingerprint density at radius 1 is 0.704 bits per heavy atom. The van der Waals surface area contributed by atoms with E-state index in [0.29, 0.717) is 68.3 Å². The minimum absolute atomic E-state index is 0.00250. The maximum Gasteiger partial charge on any atom is 0.317 e. The van der Waals surface area contributed by atoms with E-state index in [1.165, 1.54) is 31.2 Å². The molecule has 11 heteroatoms. The molecule has 4 aromatic carbocycles. The number of carbonyl (C=O) groups is 4. The Morgan fingerprint density at radius 2 is 1.28 bits per heavy atom. The van der Waals surface area contributed by atoms with Crippen molar-refractivity contribution in [2.24, 2.45) is 23.2 Å². The Morgan fingerprint density at radius 3 is 1.94 bits per heavy atom. The molecule has 4 aromatic rings. The summed E-state index contributed by atoms with van der Waals surface area (Å²) in [6.07, 6.45) is 9.33. The molecule has 4 bridgehead atoms. The number of fused-ring (bicyclic) bond motifs is 1. The predicted molar refractivity (Wildman–Crippen MR) is 265 cm³/mol. The van der Waals surface area contributed by atoms with E-state index in [9.17, 15) is 29.4 Å². The SMILES string of the molecule is Cc1cc(CC(C)(C)C(=O)Oc2ccc3c4c2C[C@H]2C(=O)CC[C@@]5(O)[C@@H](C3)N(CC3CC3)CC[C@]425)c2cc(C)cc(CC(=O)Oc3ccc4c5c3O[C@H]3C(=O)CC[C@@]6(O)[C@@H](C4)N(CC4CC4)CC[C@]536)c2c1. The minimum Gasteiger partial charge on any atom is -0.477 e. The Labute approximate surface area is 415 Å². The summed E-state index contributed by atoms with van der Waals surface area (Å²) < 4.78 is 19.4. The standard InChI is InChI=1S/C60H66N2O9/c1-32-21-38(27-50(65)69-47-12-10-37-26-49-60(68)16-14-45(64)54-58(60,52(37)53(47)71-54)18-20-62(49)31-35-7-8-35)40-23-33(2)22-39(41(40)24-32)29-56(3,4)55(66)70-46-11-9-36-25-48-59(67)15-13-44(63)43-28-42(46)51(36)57(43,59)17-19-61(48)30-34-5-6-34/h9-12,21-24,34-35,43,48-49,54,67-68H,5-8,13-20,25-31H2,1-4H3/t43-,48+,49+,54-,57+,58-,59+,60+/m0/s1. The normalized spacial score (nSPS) is 33.2. The van der Waals surface area contributed by atoms with Gasteiger partial charge in [-0.1, -0.05) is 47.5 Å². The van der Waals surface area contributed by atoms with Crippen LogP contribution in [-0.2, 0) is 62.1 Å². The lowest BCUT2D eigenvalue weighted by molar-refractivity contribution is -0.188. The van der Waals surface area contributed by atoms with Gasteiger partial charge in [0, 0.05) is 54.9 Å². The molecule has 2 N–H and O–H groups in total. The second-order valence-electron chi connectivity index (χ2n) is 24.8. The molecule has 2 spiro atoms. The number of hydrogen-bond acceptors (Lipinski definition) is 11. The van der Waals surface area contributed by atoms with E-state index in [0.717, 1.165) is 94.3 Å². The van der Waals surface area contributed by atoms with Gasteiger partial charge in [0.25, 0.3) is 0 Å². The van der Waals surface area contributed by atoms with Crippen LogP contribution in [0.4, 0.5) is 0 Å². The summed E-state index contributed by atoms with van der Waals surface area (Å²) in [6, 6.07) is 16.1. The van der Waals surface area contributed by atoms with Crippen LogP contribution in [0.2, 0.25) is 0 Å². The van der Waals surface area contributed by atoms with Gasteiger partial charge in [0.2, 0.25) is 0 Å². The third-order valence-corrected chi connectivity index (χ3v) is 20.1. The highest BCUT2D eigenvalue weighted by molar-refractivity contribution is 5.94. The Bertz CT molecular complexity index is 3060. The van der Waals surface area contributed by atoms with Crippen molar-refractivity contribution in [1.82, 2.24) is 9.80 Å². The van der Waals surface area contributed by atoms with Crippen LogP contribution in [0.15, 0.2) is 48.5 Å². The van der Waals surface area contributed by atoms with Gasteiger partial charge in [0.05, 0.1) is 28.5 Å². The molecule has 4 saturated carbocycles. The molecule has 71 heavy (non-hydrogen) atoms. The number of ketones is 2. The van der Waals surface area contributed by atoms with Gasteiger partial charge in [-0.05, 0) is 186 Å². The van der Waals surface area contributed by atoms with Crippen molar-refractivity contribution in [3.05, 3.63) is 98.6 Å². The van der Waals surface area contributed by atoms with Crippen LogP contribution in [0.5, 0.6) is 17.2 Å². The molecule has 11 nitrogen and oxygen atoms in total. The van der Waals surface area contributed by atoms with E-state index < -0.39 is 39.5 Å². The van der Waals surface area contributed by atoms with Gasteiger partial charge >= 0.3 is 11.9 Å². The van der Waals surface area contributed by atoms with Gasteiger partial charge in [-0.25, -0.2) is 0 Å². The van der Waals surface area contributed by atoms with Gasteiger partial charge in [-0.2, -0.15) is 0 Å². The first-order valence-electron chi connectivity index (χ1n) is 26.9. The van der Waals surface area contributed by atoms with Crippen molar-refractivity contribution in [3.63, 3.8) is 0 Å². The second-order valence-corrected chi connectivity index (χ2v) is 24.8. The van der Waals surface area contributed by atoms with Crippen LogP contribution in [-0.4, -0.2) is 99.1 Å². The molecule has 3 aliphatic heterocycles. The van der Waals surface area contributed by atoms with E-state index in [4.69, 9.17) is 14.2 Å². The van der Waals surface area contributed by atoms with Crippen molar-refractivity contribution >= 4 is 34.3 Å². The third kappa shape index (κ3) is 6.21. The number of aliphatic hydroxyl groups is 2. The number of hydrogen-bond donors (Lipinski definition) is 2. The van der Waals surface area contributed by atoms with Gasteiger partial charge in [-0.15, -0.1) is 0 Å². The number of nitrogens with zero attached hydrogens (tertiary/aromatic N) is 2. The highest BCUT2D eigenvalue weighted by atomic mass is 16.6. The van der Waals surface area contributed by atoms with Gasteiger partial charge < -0.3 is 24.4 Å². The largest absolute Gasteiger partial charge is 0.477 e. The molecular formula is C60H66N2O9. The van der Waals surface area contributed by atoms with Crippen LogP contribution in [0.25, 0.3) is 10.8 Å². The maximum absolute atomic E-state index is 14.6. The summed E-state index contributed by atoms with van der Waals surface area (Å²) in [7, 11) is 0. The van der Waals surface area contributed by atoms with Gasteiger partial charge in [0.15, 0.2) is 23.4 Å². The van der Waals surface area contributed by atoms with Gasteiger partial charge in [0.1, 0.15) is 11.5 Å². The summed E-state index contributed by atoms with van der Waals surface area (Å²) in [5, 5.41) is 27.5. The first-order valence-corrected chi connectivity index (χ1v) is 26.9. The van der Waals surface area contributed by atoms with E-state index in [2.05, 4.69) is 34.1 Å². The number of esters is 2. The molecule has 3 heterocycles. The average Bonchev–Trinajstić information content (AvgIpc) is 4.26. The first kappa shape index (κ1) is 44.7. The number of benzene rings is 4. The summed E-state index contributed by atoms with van der Waals surface area (Å²) in [4.78, 5) is 61.4. The van der Waals surface area contributed by atoms with Crippen molar-refractivity contribution in [3.8, 4) is 17.2 Å². The smallest absolute Gasteiger partial charge is 0.317 e. The second kappa shape index (κ2) is 15.1.